The maximum Gasteiger partial charge on any atom is 0.161 e. The number of carbonyl (C=O) groups is 2. The first-order chi connectivity index (χ1) is 11.7. The van der Waals surface area contributed by atoms with E-state index in [2.05, 4.69) is 22.6 Å². The minimum Gasteiger partial charge on any atom is -0.497 e. The zero-order valence-corrected chi connectivity index (χ0v) is 16.7. The van der Waals surface area contributed by atoms with E-state index in [0.29, 0.717) is 34.0 Å². The van der Waals surface area contributed by atoms with E-state index in [1.54, 1.807) is 44.6 Å². The van der Waals surface area contributed by atoms with Crippen LogP contribution in [0, 0.1) is 3.57 Å². The summed E-state index contributed by atoms with van der Waals surface area (Å²) in [6, 6.07) is 8.41. The van der Waals surface area contributed by atoms with Crippen molar-refractivity contribution in [3.05, 3.63) is 45.0 Å². The molecule has 0 aliphatic heterocycles. The fourth-order valence-electron chi connectivity index (χ4n) is 2.02. The Hall–Kier alpha value is -2.29. The van der Waals surface area contributed by atoms with Gasteiger partial charge in [0.05, 0.1) is 17.8 Å². The molecule has 150 valence electrons. The molecule has 0 bridgehead atoms. The van der Waals surface area contributed by atoms with Crippen molar-refractivity contribution in [3.63, 3.8) is 0 Å². The highest BCUT2D eigenvalue weighted by Gasteiger charge is 2.09. The van der Waals surface area contributed by atoms with Crippen molar-refractivity contribution >= 4 is 45.5 Å². The molecule has 0 aromatic heterocycles. The van der Waals surface area contributed by atoms with E-state index in [9.17, 15) is 9.59 Å². The van der Waals surface area contributed by atoms with Crippen LogP contribution in [0.3, 0.4) is 0 Å². The van der Waals surface area contributed by atoms with Crippen LogP contribution in [0.15, 0.2) is 30.3 Å². The minimum atomic E-state index is -0.0323. The van der Waals surface area contributed by atoms with Gasteiger partial charge in [0.2, 0.25) is 0 Å². The Morgan fingerprint density at radius 1 is 0.852 bits per heavy atom. The summed E-state index contributed by atoms with van der Waals surface area (Å²) in [5, 5.41) is 0. The number of ether oxygens (including phenoxy) is 2. The number of hydrogen-bond donors (Lipinski definition) is 2. The number of anilines is 2. The van der Waals surface area contributed by atoms with Gasteiger partial charge in [-0.25, -0.2) is 0 Å². The highest BCUT2D eigenvalue weighted by molar-refractivity contribution is 14.1. The van der Waals surface area contributed by atoms with Crippen LogP contribution in [0.2, 0.25) is 0 Å². The summed E-state index contributed by atoms with van der Waals surface area (Å²) < 4.78 is 10.9. The van der Waals surface area contributed by atoms with Gasteiger partial charge in [0.25, 0.3) is 0 Å². The summed E-state index contributed by atoms with van der Waals surface area (Å²) in [6.07, 6.45) is 0. The van der Waals surface area contributed by atoms with E-state index in [-0.39, 0.29) is 26.4 Å². The molecule has 4 N–H and O–H groups in total. The first kappa shape index (κ1) is 26.9. The van der Waals surface area contributed by atoms with Gasteiger partial charge in [-0.3, -0.25) is 9.59 Å². The average molecular weight is 488 g/mol. The van der Waals surface area contributed by atoms with Crippen LogP contribution < -0.4 is 20.9 Å². The Kier molecular flexibility index (Phi) is 12.1. The second kappa shape index (κ2) is 12.2. The zero-order chi connectivity index (χ0) is 19.1. The second-order valence-corrected chi connectivity index (χ2v) is 6.30. The molecule has 2 aromatic rings. The largest absolute Gasteiger partial charge is 0.497 e. The van der Waals surface area contributed by atoms with E-state index in [1.165, 1.54) is 13.8 Å². The molecule has 0 atom stereocenters. The Bertz CT molecular complexity index is 792. The lowest BCUT2D eigenvalue weighted by Gasteiger charge is -2.07. The van der Waals surface area contributed by atoms with E-state index in [0.717, 1.165) is 3.57 Å². The van der Waals surface area contributed by atoms with Crippen LogP contribution >= 0.6 is 22.6 Å². The minimum absolute atomic E-state index is 0. The second-order valence-electron chi connectivity index (χ2n) is 5.14. The number of hydrogen-bond acceptors (Lipinski definition) is 6. The third kappa shape index (κ3) is 7.46. The van der Waals surface area contributed by atoms with E-state index in [4.69, 9.17) is 20.9 Å². The molecule has 0 radical (unpaired) electrons. The first-order valence-electron chi connectivity index (χ1n) is 7.29. The molecule has 0 amide bonds. The number of methoxy groups -OCH3 is 2. The molecule has 7 heteroatoms. The molecule has 0 saturated heterocycles. The molecule has 0 spiro atoms. The van der Waals surface area contributed by atoms with Crippen LogP contribution in [-0.2, 0) is 0 Å². The predicted octanol–water partition coefficient (Wildman–Crippen LogP) is 4.84. The smallest absolute Gasteiger partial charge is 0.161 e. The standard InChI is InChI=1S/C9H10INO2.C9H11NO2.2CH4/c1-5(12)6-3-7(10)9(13-2)4-8(6)11;1-6(11)8-4-3-7(12-2)5-9(8)10;;/h3-4H,11H2,1-2H3;3-5H,10H2,1-2H3;2*1H4. The van der Waals surface area contributed by atoms with Crippen LogP contribution in [0.5, 0.6) is 11.5 Å². The maximum atomic E-state index is 11.1. The van der Waals surface area contributed by atoms with E-state index in [1.807, 2.05) is 0 Å². The van der Waals surface area contributed by atoms with Crippen molar-refractivity contribution in [1.82, 2.24) is 0 Å². The zero-order valence-electron chi connectivity index (χ0n) is 14.6. The highest BCUT2D eigenvalue weighted by Crippen LogP contribution is 2.26. The lowest BCUT2D eigenvalue weighted by atomic mass is 10.1. The molecule has 0 unspecified atom stereocenters. The van der Waals surface area contributed by atoms with E-state index >= 15 is 0 Å². The topological polar surface area (TPSA) is 105 Å². The van der Waals surface area contributed by atoms with Gasteiger partial charge in [-0.05, 0) is 54.6 Å². The summed E-state index contributed by atoms with van der Waals surface area (Å²) >= 11 is 2.10. The van der Waals surface area contributed by atoms with Crippen LogP contribution in [0.4, 0.5) is 11.4 Å². The van der Waals surface area contributed by atoms with Gasteiger partial charge < -0.3 is 20.9 Å². The molecule has 0 saturated carbocycles. The average Bonchev–Trinajstić information content (AvgIpc) is 2.56. The molecule has 2 aromatic carbocycles. The van der Waals surface area contributed by atoms with Crippen molar-refractivity contribution in [3.8, 4) is 11.5 Å². The third-order valence-electron chi connectivity index (χ3n) is 3.34. The van der Waals surface area contributed by atoms with E-state index < -0.39 is 0 Å². The summed E-state index contributed by atoms with van der Waals surface area (Å²) in [7, 11) is 3.13. The lowest BCUT2D eigenvalue weighted by Crippen LogP contribution is -2.01. The number of Topliss-reactive ketones (excluding diaryl/α,β-unsaturated/α-hetero) is 2. The summed E-state index contributed by atoms with van der Waals surface area (Å²) in [5.74, 6) is 1.30. The summed E-state index contributed by atoms with van der Waals surface area (Å²) in [5.41, 5.74) is 13.3. The van der Waals surface area contributed by atoms with Gasteiger partial charge >= 0.3 is 0 Å². The Labute approximate surface area is 175 Å². The van der Waals surface area contributed by atoms with Gasteiger partial charge in [0.1, 0.15) is 11.5 Å². The molecule has 6 nitrogen and oxygen atoms in total. The van der Waals surface area contributed by atoms with Crippen molar-refractivity contribution in [2.45, 2.75) is 28.7 Å². The summed E-state index contributed by atoms with van der Waals surface area (Å²) in [6.45, 7) is 2.98. The summed E-state index contributed by atoms with van der Waals surface area (Å²) in [4.78, 5) is 22.0. The Balaban J connectivity index is 0. The number of benzene rings is 2. The fraction of sp³-hybridized carbons (Fsp3) is 0.300. The maximum absolute atomic E-state index is 11.1. The fourth-order valence-corrected chi connectivity index (χ4v) is 2.71. The number of nitrogen functional groups attached to an aromatic ring is 2. The molecule has 0 aliphatic carbocycles. The molecule has 0 fully saturated rings. The molecular formula is C20H29IN2O4. The third-order valence-corrected chi connectivity index (χ3v) is 4.18. The number of ketones is 2. The number of halogens is 1. The highest BCUT2D eigenvalue weighted by atomic mass is 127. The van der Waals surface area contributed by atoms with Crippen molar-refractivity contribution < 1.29 is 19.1 Å². The number of nitrogens with two attached hydrogens (primary N) is 2. The quantitative estimate of drug-likeness (QED) is 0.363. The number of rotatable bonds is 4. The predicted molar refractivity (Wildman–Crippen MR) is 121 cm³/mol. The van der Waals surface area contributed by atoms with Gasteiger partial charge in [-0.2, -0.15) is 0 Å². The van der Waals surface area contributed by atoms with Crippen molar-refractivity contribution in [2.75, 3.05) is 25.7 Å². The van der Waals surface area contributed by atoms with Gasteiger partial charge in [0.15, 0.2) is 11.6 Å². The van der Waals surface area contributed by atoms with Gasteiger partial charge in [0, 0.05) is 34.6 Å². The van der Waals surface area contributed by atoms with Crippen LogP contribution in [0.1, 0.15) is 49.4 Å². The Morgan fingerprint density at radius 2 is 1.37 bits per heavy atom. The van der Waals surface area contributed by atoms with Gasteiger partial charge in [-0.15, -0.1) is 0 Å². The monoisotopic (exact) mass is 488 g/mol. The number of carbonyl (C=O) groups excluding carboxylic acids is 2. The van der Waals surface area contributed by atoms with Crippen LogP contribution in [0.25, 0.3) is 0 Å². The van der Waals surface area contributed by atoms with Crippen molar-refractivity contribution in [1.29, 1.82) is 0 Å². The van der Waals surface area contributed by atoms with Gasteiger partial charge in [-0.1, -0.05) is 14.9 Å². The molecule has 27 heavy (non-hydrogen) atoms. The Morgan fingerprint density at radius 3 is 1.78 bits per heavy atom. The molecular weight excluding hydrogens is 459 g/mol. The molecule has 2 rings (SSSR count). The van der Waals surface area contributed by atoms with Crippen LogP contribution in [-0.4, -0.2) is 25.8 Å². The SMILES string of the molecule is C.C.COc1cc(N)c(C(C)=O)cc1I.COc1ccc(C(C)=O)c(N)c1. The normalized spacial score (nSPS) is 8.93. The molecule has 0 heterocycles. The van der Waals surface area contributed by atoms with Crippen molar-refractivity contribution in [2.24, 2.45) is 0 Å². The first-order valence-corrected chi connectivity index (χ1v) is 8.37. The lowest BCUT2D eigenvalue weighted by molar-refractivity contribution is 0.101. The molecule has 0 aliphatic rings.